The Kier molecular flexibility index (Phi) is 8.02. The number of hydrogen-bond acceptors (Lipinski definition) is 4. The summed E-state index contributed by atoms with van der Waals surface area (Å²) in [4.78, 5) is 35.6. The molecule has 0 aliphatic heterocycles. The Hall–Kier alpha value is -4.00. The summed E-state index contributed by atoms with van der Waals surface area (Å²) in [6, 6.07) is 13.5. The van der Waals surface area contributed by atoms with Gasteiger partial charge in [-0.2, -0.15) is 13.2 Å². The number of hydrogen-bond donors (Lipinski definition) is 3. The summed E-state index contributed by atoms with van der Waals surface area (Å²) >= 11 is 0. The molecule has 0 radical (unpaired) electrons. The SMILES string of the molecule is CC#CCC(NC(=O)C(CNC(=O)OCC1c2ccccc2-c2ccccc21)C(F)(F)F)C(=O)O. The summed E-state index contributed by atoms with van der Waals surface area (Å²) in [6.45, 7) is 0.203. The Bertz CT molecular complexity index is 1120. The average Bonchev–Trinajstić information content (AvgIpc) is 3.13. The van der Waals surface area contributed by atoms with Gasteiger partial charge < -0.3 is 20.5 Å². The van der Waals surface area contributed by atoms with Crippen molar-refractivity contribution in [1.29, 1.82) is 0 Å². The van der Waals surface area contributed by atoms with Crippen molar-refractivity contribution >= 4 is 18.0 Å². The highest BCUT2D eigenvalue weighted by Gasteiger charge is 2.46. The van der Waals surface area contributed by atoms with Crippen LogP contribution in [-0.4, -0.2) is 48.4 Å². The first kappa shape index (κ1) is 25.6. The molecular weight excluding hydrogens is 465 g/mol. The van der Waals surface area contributed by atoms with Crippen LogP contribution in [-0.2, 0) is 14.3 Å². The lowest BCUT2D eigenvalue weighted by Crippen LogP contribution is -2.50. The molecule has 0 bridgehead atoms. The van der Waals surface area contributed by atoms with E-state index in [0.29, 0.717) is 0 Å². The summed E-state index contributed by atoms with van der Waals surface area (Å²) in [5.41, 5.74) is 3.85. The van der Waals surface area contributed by atoms with Crippen LogP contribution in [0, 0.1) is 17.8 Å². The fraction of sp³-hybridized carbons (Fsp3) is 0.320. The third-order valence-electron chi connectivity index (χ3n) is 5.60. The van der Waals surface area contributed by atoms with Crippen molar-refractivity contribution in [2.45, 2.75) is 31.5 Å². The Morgan fingerprint density at radius 2 is 1.63 bits per heavy atom. The summed E-state index contributed by atoms with van der Waals surface area (Å²) in [5.74, 6) is -1.24. The van der Waals surface area contributed by atoms with Crippen LogP contribution in [0.4, 0.5) is 18.0 Å². The quantitative estimate of drug-likeness (QED) is 0.492. The Labute approximate surface area is 199 Å². The highest BCUT2D eigenvalue weighted by Crippen LogP contribution is 2.44. The molecule has 184 valence electrons. The molecule has 3 N–H and O–H groups in total. The molecular formula is C25H23F3N2O5. The minimum atomic E-state index is -5.03. The van der Waals surface area contributed by atoms with E-state index >= 15 is 0 Å². The largest absolute Gasteiger partial charge is 0.480 e. The normalized spacial score (nSPS) is 13.9. The lowest BCUT2D eigenvalue weighted by atomic mass is 9.98. The number of fused-ring (bicyclic) bond motifs is 3. The summed E-state index contributed by atoms with van der Waals surface area (Å²) in [7, 11) is 0. The van der Waals surface area contributed by atoms with Crippen LogP contribution < -0.4 is 10.6 Å². The smallest absolute Gasteiger partial charge is 0.407 e. The Balaban J connectivity index is 1.62. The molecule has 3 rings (SSSR count). The van der Waals surface area contributed by atoms with Gasteiger partial charge >= 0.3 is 18.2 Å². The molecule has 7 nitrogen and oxygen atoms in total. The lowest BCUT2D eigenvalue weighted by molar-refractivity contribution is -0.182. The first-order valence-corrected chi connectivity index (χ1v) is 10.7. The number of amides is 2. The van der Waals surface area contributed by atoms with Gasteiger partial charge in [0.1, 0.15) is 12.6 Å². The third-order valence-corrected chi connectivity index (χ3v) is 5.60. The van der Waals surface area contributed by atoms with Crippen molar-refractivity contribution < 1.29 is 37.4 Å². The Morgan fingerprint density at radius 3 is 2.14 bits per heavy atom. The number of carboxylic acids is 1. The second kappa shape index (κ2) is 11.0. The van der Waals surface area contributed by atoms with Crippen molar-refractivity contribution in [2.24, 2.45) is 5.92 Å². The van der Waals surface area contributed by atoms with Gasteiger partial charge in [-0.3, -0.25) is 4.79 Å². The van der Waals surface area contributed by atoms with Crippen molar-refractivity contribution in [1.82, 2.24) is 10.6 Å². The maximum atomic E-state index is 13.5. The van der Waals surface area contributed by atoms with E-state index in [9.17, 15) is 27.6 Å². The number of halogens is 3. The predicted molar refractivity (Wildman–Crippen MR) is 120 cm³/mol. The van der Waals surface area contributed by atoms with E-state index in [1.807, 2.05) is 59.2 Å². The second-order valence-corrected chi connectivity index (χ2v) is 7.83. The molecule has 35 heavy (non-hydrogen) atoms. The van der Waals surface area contributed by atoms with Crippen LogP contribution in [0.3, 0.4) is 0 Å². The molecule has 0 saturated carbocycles. The number of alkyl halides is 3. The molecule has 0 aromatic heterocycles. The molecule has 0 heterocycles. The Morgan fingerprint density at radius 1 is 1.06 bits per heavy atom. The maximum Gasteiger partial charge on any atom is 0.407 e. The van der Waals surface area contributed by atoms with E-state index in [1.54, 1.807) is 0 Å². The molecule has 0 fully saturated rings. The van der Waals surface area contributed by atoms with Gasteiger partial charge in [-0.15, -0.1) is 11.8 Å². The number of rotatable bonds is 8. The number of nitrogens with one attached hydrogen (secondary N) is 2. The van der Waals surface area contributed by atoms with Gasteiger partial charge in [0.15, 0.2) is 5.92 Å². The van der Waals surface area contributed by atoms with Gasteiger partial charge in [-0.05, 0) is 29.2 Å². The number of carbonyl (C=O) groups excluding carboxylic acids is 2. The van der Waals surface area contributed by atoms with Crippen molar-refractivity contribution in [3.8, 4) is 23.0 Å². The molecule has 2 aromatic carbocycles. The van der Waals surface area contributed by atoms with Gasteiger partial charge in [0.05, 0.1) is 0 Å². The minimum absolute atomic E-state index is 0.112. The highest BCUT2D eigenvalue weighted by molar-refractivity contribution is 5.86. The molecule has 2 unspecified atom stereocenters. The van der Waals surface area contributed by atoms with Crippen molar-refractivity contribution in [3.63, 3.8) is 0 Å². The van der Waals surface area contributed by atoms with Crippen LogP contribution in [0.15, 0.2) is 48.5 Å². The molecule has 10 heteroatoms. The minimum Gasteiger partial charge on any atom is -0.480 e. The van der Waals surface area contributed by atoms with E-state index in [0.717, 1.165) is 22.3 Å². The van der Waals surface area contributed by atoms with Gasteiger partial charge in [0, 0.05) is 18.9 Å². The first-order chi connectivity index (χ1) is 16.6. The van der Waals surface area contributed by atoms with Crippen molar-refractivity contribution in [3.05, 3.63) is 59.7 Å². The maximum absolute atomic E-state index is 13.5. The van der Waals surface area contributed by atoms with Gasteiger partial charge in [0.2, 0.25) is 5.91 Å². The molecule has 2 atom stereocenters. The van der Waals surface area contributed by atoms with Gasteiger partial charge in [0.25, 0.3) is 0 Å². The number of carbonyl (C=O) groups is 3. The number of aliphatic carboxylic acids is 1. The zero-order valence-corrected chi connectivity index (χ0v) is 18.7. The van der Waals surface area contributed by atoms with E-state index < -0.39 is 42.7 Å². The topological polar surface area (TPSA) is 105 Å². The lowest BCUT2D eigenvalue weighted by Gasteiger charge is -2.22. The van der Waals surface area contributed by atoms with Crippen LogP contribution >= 0.6 is 0 Å². The molecule has 0 spiro atoms. The molecule has 1 aliphatic rings. The predicted octanol–water partition coefficient (Wildman–Crippen LogP) is 3.69. The van der Waals surface area contributed by atoms with Crippen LogP contribution in [0.5, 0.6) is 0 Å². The van der Waals surface area contributed by atoms with Crippen LogP contribution in [0.25, 0.3) is 11.1 Å². The number of benzene rings is 2. The fourth-order valence-electron chi connectivity index (χ4n) is 3.87. The van der Waals surface area contributed by atoms with Gasteiger partial charge in [-0.25, -0.2) is 9.59 Å². The molecule has 0 saturated heterocycles. The fourth-order valence-corrected chi connectivity index (χ4v) is 3.87. The van der Waals surface area contributed by atoms with Gasteiger partial charge in [-0.1, -0.05) is 48.5 Å². The third kappa shape index (κ3) is 6.12. The van der Waals surface area contributed by atoms with Crippen molar-refractivity contribution in [2.75, 3.05) is 13.2 Å². The van der Waals surface area contributed by atoms with Crippen LogP contribution in [0.2, 0.25) is 0 Å². The van der Waals surface area contributed by atoms with Crippen LogP contribution in [0.1, 0.15) is 30.4 Å². The highest BCUT2D eigenvalue weighted by atomic mass is 19.4. The molecule has 2 amide bonds. The van der Waals surface area contributed by atoms with E-state index in [1.165, 1.54) is 6.92 Å². The average molecular weight is 488 g/mol. The van der Waals surface area contributed by atoms with E-state index in [4.69, 9.17) is 9.84 Å². The zero-order chi connectivity index (χ0) is 25.6. The number of ether oxygens (including phenoxy) is 1. The van der Waals surface area contributed by atoms with E-state index in [2.05, 4.69) is 11.8 Å². The first-order valence-electron chi connectivity index (χ1n) is 10.7. The summed E-state index contributed by atoms with van der Waals surface area (Å²) in [6.07, 6.45) is -6.51. The summed E-state index contributed by atoms with van der Waals surface area (Å²) < 4.78 is 45.6. The monoisotopic (exact) mass is 488 g/mol. The number of carboxylic acid groups (broad SMARTS) is 1. The molecule has 1 aliphatic carbocycles. The standard InChI is InChI=1S/C25H23F3N2O5/c1-2-3-12-21(23(32)33)30-22(31)20(25(26,27)28)13-29-24(34)35-14-19-17-10-6-4-8-15(17)16-9-5-7-11-18(16)19/h4-11,19-21H,12-14H2,1H3,(H,29,34)(H,30,31)(H,32,33). The van der Waals surface area contributed by atoms with E-state index in [-0.39, 0.29) is 18.9 Å². The number of alkyl carbamates (subject to hydrolysis) is 1. The summed E-state index contributed by atoms with van der Waals surface area (Å²) in [5, 5.41) is 12.9. The second-order valence-electron chi connectivity index (χ2n) is 7.83. The zero-order valence-electron chi connectivity index (χ0n) is 18.7. The molecule has 2 aromatic rings.